The zero-order valence-electron chi connectivity index (χ0n) is 18.1. The van der Waals surface area contributed by atoms with E-state index in [9.17, 15) is 14.4 Å². The molecule has 2 aromatic rings. The van der Waals surface area contributed by atoms with E-state index in [-0.39, 0.29) is 24.5 Å². The van der Waals surface area contributed by atoms with Crippen LogP contribution in [0.1, 0.15) is 49.0 Å². The maximum Gasteiger partial charge on any atom is 0.355 e. The van der Waals surface area contributed by atoms with Gasteiger partial charge < -0.3 is 15.1 Å². The van der Waals surface area contributed by atoms with Gasteiger partial charge in [-0.2, -0.15) is 10.2 Å². The van der Waals surface area contributed by atoms with Crippen LogP contribution in [0.2, 0.25) is 0 Å². The van der Waals surface area contributed by atoms with Gasteiger partial charge in [0.1, 0.15) is 0 Å². The Kier molecular flexibility index (Phi) is 5.46. The minimum Gasteiger partial charge on any atom is -0.340 e. The lowest BCUT2D eigenvalue weighted by Crippen LogP contribution is -2.62. The van der Waals surface area contributed by atoms with Crippen LogP contribution in [0.3, 0.4) is 0 Å². The highest BCUT2D eigenvalue weighted by Crippen LogP contribution is 2.31. The molecule has 170 valence electrons. The molecule has 0 spiro atoms. The first-order chi connectivity index (χ1) is 15.5. The van der Waals surface area contributed by atoms with E-state index >= 15 is 0 Å². The highest BCUT2D eigenvalue weighted by atomic mass is 16.7. The van der Waals surface area contributed by atoms with Crippen LogP contribution >= 0.6 is 0 Å². The Balaban J connectivity index is 1.36. The van der Waals surface area contributed by atoms with Gasteiger partial charge in [-0.3, -0.25) is 19.6 Å². The summed E-state index contributed by atoms with van der Waals surface area (Å²) in [7, 11) is 2.11. The molecule has 10 nitrogen and oxygen atoms in total. The number of carbonyl (C=O) groups excluding carboxylic acids is 3. The van der Waals surface area contributed by atoms with Crippen LogP contribution < -0.4 is 5.32 Å². The third-order valence-electron chi connectivity index (χ3n) is 7.09. The molecule has 4 fully saturated rings. The maximum absolute atomic E-state index is 13.3. The molecular weight excluding hydrogens is 412 g/mol. The number of likely N-dealkylation sites (N-methyl/N-ethyl adjacent to an activating group) is 1. The third-order valence-corrected chi connectivity index (χ3v) is 7.09. The Morgan fingerprint density at radius 3 is 2.66 bits per heavy atom. The number of H-pyrrole nitrogens is 1. The molecule has 1 saturated carbocycles. The highest BCUT2D eigenvalue weighted by Gasteiger charge is 2.40. The summed E-state index contributed by atoms with van der Waals surface area (Å²) in [5.74, 6) is -0.0839. The summed E-state index contributed by atoms with van der Waals surface area (Å²) in [5.41, 5.74) is 1.60. The van der Waals surface area contributed by atoms with Crippen molar-refractivity contribution in [3.8, 4) is 0 Å². The number of anilines is 1. The highest BCUT2D eigenvalue weighted by molar-refractivity contribution is 6.06. The molecule has 3 aliphatic heterocycles. The van der Waals surface area contributed by atoms with E-state index in [1.54, 1.807) is 18.2 Å². The Labute approximate surface area is 185 Å². The number of fused-ring (bicyclic) bond motifs is 4. The lowest BCUT2D eigenvalue weighted by Gasteiger charge is -2.50. The fraction of sp³-hybridized carbons (Fsp3) is 0.545. The molecule has 3 amide bonds. The molecule has 0 radical (unpaired) electrons. The summed E-state index contributed by atoms with van der Waals surface area (Å²) in [6.07, 6.45) is 5.72. The SMILES string of the molecule is CN1CC2CCC1CN2C(=O)c1n[nH]c2ccc(NC(=O)N(OC=O)C3CCCC3)cc12. The van der Waals surface area contributed by atoms with Crippen molar-refractivity contribution in [1.29, 1.82) is 0 Å². The van der Waals surface area contributed by atoms with Gasteiger partial charge in [0.05, 0.1) is 11.6 Å². The van der Waals surface area contributed by atoms with E-state index in [0.29, 0.717) is 29.4 Å². The van der Waals surface area contributed by atoms with Gasteiger partial charge in [-0.1, -0.05) is 12.8 Å². The van der Waals surface area contributed by atoms with Gasteiger partial charge >= 0.3 is 12.5 Å². The van der Waals surface area contributed by atoms with Crippen LogP contribution in [0, 0.1) is 0 Å². The van der Waals surface area contributed by atoms with E-state index in [2.05, 4.69) is 27.5 Å². The predicted molar refractivity (Wildman–Crippen MR) is 117 cm³/mol. The zero-order valence-corrected chi connectivity index (χ0v) is 18.1. The summed E-state index contributed by atoms with van der Waals surface area (Å²) in [6, 6.07) is 5.23. The number of hydrogen-bond acceptors (Lipinski definition) is 6. The number of carbonyl (C=O) groups is 3. The number of piperidine rings is 2. The molecule has 2 atom stereocenters. The molecule has 1 aromatic carbocycles. The van der Waals surface area contributed by atoms with Crippen molar-refractivity contribution in [3.05, 3.63) is 23.9 Å². The molecule has 32 heavy (non-hydrogen) atoms. The van der Waals surface area contributed by atoms with Crippen LogP contribution in [-0.4, -0.2) is 81.7 Å². The van der Waals surface area contributed by atoms with Crippen LogP contribution in [0.15, 0.2) is 18.2 Å². The number of nitrogens with one attached hydrogen (secondary N) is 2. The minimum atomic E-state index is -0.504. The normalized spacial score (nSPS) is 23.5. The standard InChI is InChI=1S/C22H28N6O4/c1-26-11-17-8-7-16(26)12-27(17)21(30)20-18-10-14(6-9-19(18)24-25-20)23-22(31)28(32-13-29)15-4-2-3-5-15/h6,9-10,13,15-17H,2-5,7-8,11-12H2,1H3,(H,23,31)(H,24,25). The van der Waals surface area contributed by atoms with E-state index in [1.807, 2.05) is 4.90 Å². The molecule has 10 heteroatoms. The largest absolute Gasteiger partial charge is 0.355 e. The number of benzene rings is 1. The number of hydrogen-bond donors (Lipinski definition) is 2. The first kappa shape index (κ1) is 20.7. The number of aromatic nitrogens is 2. The lowest BCUT2D eigenvalue weighted by atomic mass is 9.91. The van der Waals surface area contributed by atoms with Crippen LogP contribution in [0.4, 0.5) is 10.5 Å². The van der Waals surface area contributed by atoms with Crippen LogP contribution in [-0.2, 0) is 9.63 Å². The summed E-state index contributed by atoms with van der Waals surface area (Å²) in [4.78, 5) is 46.3. The van der Waals surface area contributed by atoms with Gasteiger partial charge in [0.15, 0.2) is 5.69 Å². The topological polar surface area (TPSA) is 111 Å². The van der Waals surface area contributed by atoms with Crippen molar-refractivity contribution in [2.75, 3.05) is 25.5 Å². The Bertz CT molecular complexity index is 1030. The van der Waals surface area contributed by atoms with E-state index in [4.69, 9.17) is 4.84 Å². The second kappa shape index (κ2) is 8.42. The molecule has 1 aliphatic carbocycles. The molecule has 2 N–H and O–H groups in total. The molecule has 3 saturated heterocycles. The van der Waals surface area contributed by atoms with Crippen molar-refractivity contribution in [2.24, 2.45) is 0 Å². The van der Waals surface area contributed by atoms with E-state index in [1.165, 1.54) is 0 Å². The summed E-state index contributed by atoms with van der Waals surface area (Å²) in [5, 5.41) is 11.8. The molecule has 2 unspecified atom stereocenters. The van der Waals surface area contributed by atoms with Crippen molar-refractivity contribution >= 4 is 35.0 Å². The Hall–Kier alpha value is -3.14. The number of piperazine rings is 1. The zero-order chi connectivity index (χ0) is 22.2. The van der Waals surface area contributed by atoms with Gasteiger partial charge in [0.25, 0.3) is 5.91 Å². The first-order valence-electron chi connectivity index (χ1n) is 11.2. The Morgan fingerprint density at radius 1 is 1.19 bits per heavy atom. The maximum atomic E-state index is 13.3. The number of hydroxylamine groups is 2. The van der Waals surface area contributed by atoms with Gasteiger partial charge in [-0.05, 0) is 50.9 Å². The fourth-order valence-corrected chi connectivity index (χ4v) is 5.34. The first-order valence-corrected chi connectivity index (χ1v) is 11.2. The molecular formula is C22H28N6O4. The third kappa shape index (κ3) is 3.68. The second-order valence-corrected chi connectivity index (χ2v) is 9.01. The number of rotatable bonds is 5. The Morgan fingerprint density at radius 2 is 1.97 bits per heavy atom. The fourth-order valence-electron chi connectivity index (χ4n) is 5.34. The predicted octanol–water partition coefficient (Wildman–Crippen LogP) is 2.35. The van der Waals surface area contributed by atoms with Gasteiger partial charge in [0.2, 0.25) is 0 Å². The smallest absolute Gasteiger partial charge is 0.340 e. The van der Waals surface area contributed by atoms with E-state index < -0.39 is 6.03 Å². The molecule has 4 heterocycles. The molecule has 2 bridgehead atoms. The minimum absolute atomic E-state index is 0.0839. The molecule has 1 aromatic heterocycles. The summed E-state index contributed by atoms with van der Waals surface area (Å²) >= 11 is 0. The summed E-state index contributed by atoms with van der Waals surface area (Å²) < 4.78 is 0. The number of amides is 3. The van der Waals surface area contributed by atoms with Crippen LogP contribution in [0.25, 0.3) is 10.9 Å². The number of aromatic amines is 1. The molecule has 4 aliphatic rings. The lowest BCUT2D eigenvalue weighted by molar-refractivity contribution is -0.166. The van der Waals surface area contributed by atoms with Gasteiger partial charge in [-0.25, -0.2) is 4.79 Å². The van der Waals surface area contributed by atoms with Gasteiger partial charge in [0, 0.05) is 36.2 Å². The second-order valence-electron chi connectivity index (χ2n) is 9.01. The van der Waals surface area contributed by atoms with Crippen LogP contribution in [0.5, 0.6) is 0 Å². The number of nitrogens with zero attached hydrogens (tertiary/aromatic N) is 4. The van der Waals surface area contributed by atoms with Gasteiger partial charge in [-0.15, -0.1) is 0 Å². The van der Waals surface area contributed by atoms with Crippen molar-refractivity contribution in [2.45, 2.75) is 56.7 Å². The quantitative estimate of drug-likeness (QED) is 0.545. The average Bonchev–Trinajstić information content (AvgIpc) is 3.47. The molecule has 6 rings (SSSR count). The monoisotopic (exact) mass is 440 g/mol. The summed E-state index contributed by atoms with van der Waals surface area (Å²) in [6.45, 7) is 1.87. The van der Waals surface area contributed by atoms with E-state index in [0.717, 1.165) is 55.6 Å². The van der Waals surface area contributed by atoms with Crippen molar-refractivity contribution in [1.82, 2.24) is 25.1 Å². The number of urea groups is 1. The van der Waals surface area contributed by atoms with Crippen molar-refractivity contribution in [3.63, 3.8) is 0 Å². The average molecular weight is 441 g/mol. The van der Waals surface area contributed by atoms with Crippen molar-refractivity contribution < 1.29 is 19.2 Å².